The van der Waals surface area contributed by atoms with Gasteiger partial charge in [-0.15, -0.1) is 0 Å². The van der Waals surface area contributed by atoms with Gasteiger partial charge in [-0.1, -0.05) is 12.1 Å². The Balaban J connectivity index is 1.89. The van der Waals surface area contributed by atoms with Gasteiger partial charge in [0.25, 0.3) is 5.56 Å². The van der Waals surface area contributed by atoms with Crippen LogP contribution in [0.2, 0.25) is 0 Å². The molecule has 1 aromatic heterocycles. The van der Waals surface area contributed by atoms with Crippen LogP contribution in [0.5, 0.6) is 0 Å². The number of nitrogen functional groups attached to an aromatic ring is 1. The van der Waals surface area contributed by atoms with Crippen LogP contribution in [-0.2, 0) is 0 Å². The number of rotatable bonds is 3. The highest BCUT2D eigenvalue weighted by Crippen LogP contribution is 2.30. The molecule has 0 atom stereocenters. The maximum absolute atomic E-state index is 12.2. The minimum Gasteiger partial charge on any atom is -0.399 e. The first kappa shape index (κ1) is 14.8. The van der Waals surface area contributed by atoms with E-state index in [2.05, 4.69) is 5.10 Å². The van der Waals surface area contributed by atoms with Crippen LogP contribution in [0, 0.1) is 5.92 Å². The molecule has 0 bridgehead atoms. The molecule has 4 N–H and O–H groups in total. The normalized spacial score (nSPS) is 21.7. The largest absolute Gasteiger partial charge is 0.399 e. The molecule has 1 fully saturated rings. The highest BCUT2D eigenvalue weighted by atomic mass is 16.1. The summed E-state index contributed by atoms with van der Waals surface area (Å²) in [6.07, 6.45) is 4.07. The maximum Gasteiger partial charge on any atom is 0.267 e. The monoisotopic (exact) mass is 298 g/mol. The van der Waals surface area contributed by atoms with Crippen LogP contribution in [0.15, 0.2) is 41.2 Å². The van der Waals surface area contributed by atoms with E-state index in [4.69, 9.17) is 11.5 Å². The third-order valence-electron chi connectivity index (χ3n) is 4.50. The first-order valence-electron chi connectivity index (χ1n) is 7.83. The van der Waals surface area contributed by atoms with Crippen molar-refractivity contribution in [3.8, 4) is 11.3 Å². The van der Waals surface area contributed by atoms with E-state index >= 15 is 0 Å². The van der Waals surface area contributed by atoms with Gasteiger partial charge in [0.2, 0.25) is 0 Å². The second-order valence-electron chi connectivity index (χ2n) is 6.04. The predicted octanol–water partition coefficient (Wildman–Crippen LogP) is 2.18. The molecule has 1 saturated carbocycles. The molecule has 0 radical (unpaired) electrons. The van der Waals surface area contributed by atoms with E-state index in [0.29, 0.717) is 11.6 Å². The van der Waals surface area contributed by atoms with E-state index in [-0.39, 0.29) is 11.6 Å². The van der Waals surface area contributed by atoms with E-state index in [0.717, 1.165) is 43.5 Å². The van der Waals surface area contributed by atoms with E-state index in [1.54, 1.807) is 16.8 Å². The van der Waals surface area contributed by atoms with Crippen molar-refractivity contribution in [2.24, 2.45) is 11.7 Å². The summed E-state index contributed by atoms with van der Waals surface area (Å²) in [6, 6.07) is 11.1. The van der Waals surface area contributed by atoms with Crippen molar-refractivity contribution in [3.63, 3.8) is 0 Å². The summed E-state index contributed by atoms with van der Waals surface area (Å²) in [6.45, 7) is 0.735. The van der Waals surface area contributed by atoms with Gasteiger partial charge in [-0.25, -0.2) is 4.68 Å². The number of nitrogens with two attached hydrogens (primary N) is 2. The van der Waals surface area contributed by atoms with Crippen LogP contribution >= 0.6 is 0 Å². The Bertz CT molecular complexity index is 702. The Labute approximate surface area is 129 Å². The first-order valence-corrected chi connectivity index (χ1v) is 7.83. The van der Waals surface area contributed by atoms with Gasteiger partial charge in [-0.3, -0.25) is 4.79 Å². The fourth-order valence-corrected chi connectivity index (χ4v) is 3.16. The molecule has 116 valence electrons. The number of hydrogen-bond acceptors (Lipinski definition) is 4. The number of hydrogen-bond donors (Lipinski definition) is 2. The number of anilines is 1. The molecule has 0 amide bonds. The van der Waals surface area contributed by atoms with Gasteiger partial charge in [-0.05, 0) is 56.3 Å². The molecule has 0 saturated heterocycles. The third-order valence-corrected chi connectivity index (χ3v) is 4.50. The van der Waals surface area contributed by atoms with Crippen molar-refractivity contribution in [1.82, 2.24) is 9.78 Å². The van der Waals surface area contributed by atoms with Crippen LogP contribution in [-0.4, -0.2) is 16.3 Å². The van der Waals surface area contributed by atoms with Crippen molar-refractivity contribution >= 4 is 5.69 Å². The highest BCUT2D eigenvalue weighted by molar-refractivity contribution is 5.63. The van der Waals surface area contributed by atoms with Gasteiger partial charge >= 0.3 is 0 Å². The second kappa shape index (κ2) is 6.32. The molecular formula is C17H22N4O. The smallest absolute Gasteiger partial charge is 0.267 e. The van der Waals surface area contributed by atoms with E-state index in [1.807, 2.05) is 24.3 Å². The second-order valence-corrected chi connectivity index (χ2v) is 6.04. The summed E-state index contributed by atoms with van der Waals surface area (Å²) in [4.78, 5) is 12.2. The molecule has 5 nitrogen and oxygen atoms in total. The van der Waals surface area contributed by atoms with Gasteiger partial charge in [0.1, 0.15) is 0 Å². The maximum atomic E-state index is 12.2. The lowest BCUT2D eigenvalue weighted by molar-refractivity contribution is 0.259. The molecular weight excluding hydrogens is 276 g/mol. The SMILES string of the molecule is NCC1CCC(n2nc(-c3cccc(N)c3)ccc2=O)CC1. The van der Waals surface area contributed by atoms with E-state index in [9.17, 15) is 4.79 Å². The molecule has 0 unspecified atom stereocenters. The minimum atomic E-state index is -0.0381. The average Bonchev–Trinajstić information content (AvgIpc) is 2.55. The molecule has 1 aliphatic rings. The molecule has 5 heteroatoms. The van der Waals surface area contributed by atoms with Crippen molar-refractivity contribution in [2.45, 2.75) is 31.7 Å². The molecule has 1 heterocycles. The molecule has 1 aliphatic carbocycles. The summed E-state index contributed by atoms with van der Waals surface area (Å²) in [7, 11) is 0. The summed E-state index contributed by atoms with van der Waals surface area (Å²) >= 11 is 0. The number of benzene rings is 1. The van der Waals surface area contributed by atoms with Crippen molar-refractivity contribution in [1.29, 1.82) is 0 Å². The van der Waals surface area contributed by atoms with Crippen LogP contribution in [0.1, 0.15) is 31.7 Å². The average molecular weight is 298 g/mol. The molecule has 1 aromatic carbocycles. The lowest BCUT2D eigenvalue weighted by atomic mass is 9.86. The Morgan fingerprint density at radius 2 is 1.91 bits per heavy atom. The van der Waals surface area contributed by atoms with Crippen LogP contribution in [0.4, 0.5) is 5.69 Å². The summed E-state index contributed by atoms with van der Waals surface area (Å²) in [5.74, 6) is 0.587. The zero-order chi connectivity index (χ0) is 15.5. The zero-order valence-corrected chi connectivity index (χ0v) is 12.6. The van der Waals surface area contributed by atoms with E-state index < -0.39 is 0 Å². The highest BCUT2D eigenvalue weighted by Gasteiger charge is 2.23. The zero-order valence-electron chi connectivity index (χ0n) is 12.6. The fourth-order valence-electron chi connectivity index (χ4n) is 3.16. The quantitative estimate of drug-likeness (QED) is 0.850. The Morgan fingerprint density at radius 1 is 1.14 bits per heavy atom. The van der Waals surface area contributed by atoms with Crippen molar-refractivity contribution < 1.29 is 0 Å². The van der Waals surface area contributed by atoms with Crippen molar-refractivity contribution in [3.05, 3.63) is 46.8 Å². The van der Waals surface area contributed by atoms with Crippen LogP contribution in [0.25, 0.3) is 11.3 Å². The molecule has 0 spiro atoms. The standard InChI is InChI=1S/C17H22N4O/c18-11-12-4-6-15(7-5-12)21-17(22)9-8-16(20-21)13-2-1-3-14(19)10-13/h1-3,8-10,12,15H,4-7,11,18-19H2. The van der Waals surface area contributed by atoms with Gasteiger partial charge in [0.15, 0.2) is 0 Å². The van der Waals surface area contributed by atoms with Gasteiger partial charge in [-0.2, -0.15) is 5.10 Å². The summed E-state index contributed by atoms with van der Waals surface area (Å²) in [5, 5.41) is 4.58. The lowest BCUT2D eigenvalue weighted by Gasteiger charge is -2.28. The Morgan fingerprint density at radius 3 is 2.59 bits per heavy atom. The van der Waals surface area contributed by atoms with Gasteiger partial charge < -0.3 is 11.5 Å². The van der Waals surface area contributed by atoms with Crippen LogP contribution < -0.4 is 17.0 Å². The van der Waals surface area contributed by atoms with Gasteiger partial charge in [0, 0.05) is 17.3 Å². The van der Waals surface area contributed by atoms with Gasteiger partial charge in [0.05, 0.1) is 11.7 Å². The van der Waals surface area contributed by atoms with E-state index in [1.165, 1.54) is 0 Å². The minimum absolute atomic E-state index is 0.0381. The number of nitrogens with zero attached hydrogens (tertiary/aromatic N) is 2. The fraction of sp³-hybridized carbons (Fsp3) is 0.412. The molecule has 22 heavy (non-hydrogen) atoms. The topological polar surface area (TPSA) is 86.9 Å². The molecule has 3 rings (SSSR count). The Kier molecular flexibility index (Phi) is 4.24. The Hall–Kier alpha value is -2.14. The molecule has 0 aliphatic heterocycles. The van der Waals surface area contributed by atoms with Crippen molar-refractivity contribution in [2.75, 3.05) is 12.3 Å². The first-order chi connectivity index (χ1) is 10.7. The van der Waals surface area contributed by atoms with Crippen LogP contribution in [0.3, 0.4) is 0 Å². The number of aromatic nitrogens is 2. The summed E-state index contributed by atoms with van der Waals surface area (Å²) < 4.78 is 1.64. The predicted molar refractivity (Wildman–Crippen MR) is 88.4 cm³/mol. The lowest BCUT2D eigenvalue weighted by Crippen LogP contribution is -2.31. The third kappa shape index (κ3) is 3.04. The molecule has 2 aromatic rings. The summed E-state index contributed by atoms with van der Waals surface area (Å²) in [5.41, 5.74) is 13.9.